The molecule has 0 aliphatic heterocycles. The lowest BCUT2D eigenvalue weighted by Crippen LogP contribution is -2.37. The van der Waals surface area contributed by atoms with Gasteiger partial charge in [-0.1, -0.05) is 13.0 Å². The van der Waals surface area contributed by atoms with Crippen LogP contribution in [0, 0.1) is 10.1 Å². The van der Waals surface area contributed by atoms with Crippen LogP contribution in [0.3, 0.4) is 0 Å². The molecule has 4 N–H and O–H groups in total. The summed E-state index contributed by atoms with van der Waals surface area (Å²) in [6, 6.07) is 3.97. The van der Waals surface area contributed by atoms with Gasteiger partial charge >= 0.3 is 5.69 Å². The van der Waals surface area contributed by atoms with Gasteiger partial charge in [0.1, 0.15) is 0 Å². The molecule has 7 heteroatoms. The molecule has 0 radical (unpaired) electrons. The predicted octanol–water partition coefficient (Wildman–Crippen LogP) is 0.739. The third-order valence-corrected chi connectivity index (χ3v) is 2.68. The maximum atomic E-state index is 10.9. The number of amides is 1. The van der Waals surface area contributed by atoms with Crippen molar-refractivity contribution < 1.29 is 14.5 Å². The lowest BCUT2D eigenvalue weighted by molar-refractivity contribution is -0.385. The van der Waals surface area contributed by atoms with E-state index in [1.165, 1.54) is 6.07 Å². The zero-order chi connectivity index (χ0) is 14.4. The van der Waals surface area contributed by atoms with E-state index in [-0.39, 0.29) is 24.5 Å². The van der Waals surface area contributed by atoms with Gasteiger partial charge in [-0.3, -0.25) is 14.9 Å². The maximum Gasteiger partial charge on any atom is 0.311 e. The van der Waals surface area contributed by atoms with Crippen LogP contribution in [0.1, 0.15) is 18.9 Å². The predicted molar refractivity (Wildman–Crippen MR) is 69.8 cm³/mol. The SMILES string of the molecule is CCc1ccc(OCCC(N)C(N)=O)c([N+](=O)[O-])c1. The minimum absolute atomic E-state index is 0.0907. The summed E-state index contributed by atoms with van der Waals surface area (Å²) in [5, 5.41) is 10.9. The van der Waals surface area contributed by atoms with E-state index >= 15 is 0 Å². The number of primary amides is 1. The third kappa shape index (κ3) is 4.22. The fourth-order valence-electron chi connectivity index (χ4n) is 1.49. The molecule has 0 saturated carbocycles. The number of hydrogen-bond acceptors (Lipinski definition) is 5. The first-order valence-electron chi connectivity index (χ1n) is 5.90. The fourth-order valence-corrected chi connectivity index (χ4v) is 1.49. The fraction of sp³-hybridized carbons (Fsp3) is 0.417. The maximum absolute atomic E-state index is 10.9. The molecule has 0 aromatic heterocycles. The molecule has 0 spiro atoms. The molecule has 0 saturated heterocycles. The largest absolute Gasteiger partial charge is 0.487 e. The monoisotopic (exact) mass is 267 g/mol. The second kappa shape index (κ2) is 6.69. The van der Waals surface area contributed by atoms with E-state index in [1.54, 1.807) is 12.1 Å². The van der Waals surface area contributed by atoms with Gasteiger partial charge in [0, 0.05) is 12.5 Å². The van der Waals surface area contributed by atoms with Crippen LogP contribution in [0.15, 0.2) is 18.2 Å². The number of nitro groups is 1. The van der Waals surface area contributed by atoms with Gasteiger partial charge in [0.2, 0.25) is 5.91 Å². The number of benzene rings is 1. The van der Waals surface area contributed by atoms with Crippen molar-refractivity contribution in [1.82, 2.24) is 0 Å². The van der Waals surface area contributed by atoms with Crippen LogP contribution in [0.25, 0.3) is 0 Å². The topological polar surface area (TPSA) is 121 Å². The molecule has 1 aromatic rings. The minimum atomic E-state index is -0.811. The summed E-state index contributed by atoms with van der Waals surface area (Å²) in [4.78, 5) is 21.2. The molecule has 19 heavy (non-hydrogen) atoms. The van der Waals surface area contributed by atoms with Gasteiger partial charge in [0.15, 0.2) is 5.75 Å². The Labute approximate surface area is 110 Å². The highest BCUT2D eigenvalue weighted by Crippen LogP contribution is 2.28. The first-order valence-corrected chi connectivity index (χ1v) is 5.90. The number of nitrogens with zero attached hydrogens (tertiary/aromatic N) is 1. The van der Waals surface area contributed by atoms with E-state index in [0.717, 1.165) is 5.56 Å². The van der Waals surface area contributed by atoms with Gasteiger partial charge in [-0.05, 0) is 18.1 Å². The number of aryl methyl sites for hydroxylation is 1. The van der Waals surface area contributed by atoms with Crippen molar-refractivity contribution in [2.24, 2.45) is 11.5 Å². The van der Waals surface area contributed by atoms with Gasteiger partial charge in [-0.25, -0.2) is 0 Å². The van der Waals surface area contributed by atoms with Crippen molar-refractivity contribution in [3.63, 3.8) is 0 Å². The first-order chi connectivity index (χ1) is 8.95. The lowest BCUT2D eigenvalue weighted by atomic mass is 10.1. The molecule has 0 heterocycles. The Hall–Kier alpha value is -2.15. The number of carbonyl (C=O) groups is 1. The van der Waals surface area contributed by atoms with Gasteiger partial charge in [-0.15, -0.1) is 0 Å². The quantitative estimate of drug-likeness (QED) is 0.557. The van der Waals surface area contributed by atoms with Crippen molar-refractivity contribution in [3.05, 3.63) is 33.9 Å². The van der Waals surface area contributed by atoms with Gasteiger partial charge < -0.3 is 16.2 Å². The Bertz CT molecular complexity index is 476. The molecule has 1 aromatic carbocycles. The third-order valence-electron chi connectivity index (χ3n) is 2.68. The van der Waals surface area contributed by atoms with E-state index in [9.17, 15) is 14.9 Å². The van der Waals surface area contributed by atoms with Crippen molar-refractivity contribution in [3.8, 4) is 5.75 Å². The van der Waals surface area contributed by atoms with Crippen molar-refractivity contribution >= 4 is 11.6 Å². The summed E-state index contributed by atoms with van der Waals surface area (Å²) in [7, 11) is 0. The highest BCUT2D eigenvalue weighted by molar-refractivity contribution is 5.79. The molecule has 7 nitrogen and oxygen atoms in total. The highest BCUT2D eigenvalue weighted by Gasteiger charge is 2.16. The molecule has 0 bridgehead atoms. The van der Waals surface area contributed by atoms with E-state index in [1.807, 2.05) is 6.92 Å². The minimum Gasteiger partial charge on any atom is -0.487 e. The average molecular weight is 267 g/mol. The zero-order valence-electron chi connectivity index (χ0n) is 10.7. The lowest BCUT2D eigenvalue weighted by Gasteiger charge is -2.10. The molecule has 1 amide bonds. The molecule has 1 rings (SSSR count). The van der Waals surface area contributed by atoms with Gasteiger partial charge in [0.05, 0.1) is 17.6 Å². The summed E-state index contributed by atoms with van der Waals surface area (Å²) >= 11 is 0. The van der Waals surface area contributed by atoms with Crippen LogP contribution in [0.5, 0.6) is 5.75 Å². The van der Waals surface area contributed by atoms with Gasteiger partial charge in [-0.2, -0.15) is 0 Å². The molecular formula is C12H17N3O4. The Morgan fingerprint density at radius 2 is 2.21 bits per heavy atom. The first kappa shape index (κ1) is 14.9. The molecule has 0 fully saturated rings. The average Bonchev–Trinajstić information content (AvgIpc) is 2.38. The van der Waals surface area contributed by atoms with Crippen LogP contribution >= 0.6 is 0 Å². The summed E-state index contributed by atoms with van der Waals surface area (Å²) in [6.07, 6.45) is 0.912. The standard InChI is InChI=1S/C12H17N3O4/c1-2-8-3-4-11(10(7-8)15(17)18)19-6-5-9(13)12(14)16/h3-4,7,9H,2,5-6,13H2,1H3,(H2,14,16). The van der Waals surface area contributed by atoms with E-state index in [0.29, 0.717) is 6.42 Å². The van der Waals surface area contributed by atoms with Crippen molar-refractivity contribution in [2.75, 3.05) is 6.61 Å². The number of carbonyl (C=O) groups excluding carboxylic acids is 1. The summed E-state index contributed by atoms with van der Waals surface area (Å²) in [5.74, 6) is -0.460. The number of hydrogen-bond donors (Lipinski definition) is 2. The molecule has 104 valence electrons. The number of nitro benzene ring substituents is 1. The van der Waals surface area contributed by atoms with Crippen LogP contribution in [-0.2, 0) is 11.2 Å². The normalized spacial score (nSPS) is 11.9. The van der Waals surface area contributed by atoms with E-state index in [2.05, 4.69) is 0 Å². The van der Waals surface area contributed by atoms with Crippen molar-refractivity contribution in [2.45, 2.75) is 25.8 Å². The zero-order valence-corrected chi connectivity index (χ0v) is 10.7. The Balaban J connectivity index is 2.72. The second-order valence-corrected chi connectivity index (χ2v) is 4.06. The van der Waals surface area contributed by atoms with Crippen molar-refractivity contribution in [1.29, 1.82) is 0 Å². The van der Waals surface area contributed by atoms with Crippen LogP contribution in [0.2, 0.25) is 0 Å². The van der Waals surface area contributed by atoms with Crippen LogP contribution in [0.4, 0.5) is 5.69 Å². The summed E-state index contributed by atoms with van der Waals surface area (Å²) in [6.45, 7) is 2.00. The molecule has 0 aliphatic rings. The number of ether oxygens (including phenoxy) is 1. The Morgan fingerprint density at radius 1 is 1.53 bits per heavy atom. The van der Waals surface area contributed by atoms with Gasteiger partial charge in [0.25, 0.3) is 0 Å². The molecular weight excluding hydrogens is 250 g/mol. The molecule has 1 unspecified atom stereocenters. The summed E-state index contributed by atoms with van der Waals surface area (Å²) in [5.41, 5.74) is 11.2. The highest BCUT2D eigenvalue weighted by atomic mass is 16.6. The van der Waals surface area contributed by atoms with Crippen LogP contribution < -0.4 is 16.2 Å². The Morgan fingerprint density at radius 3 is 2.74 bits per heavy atom. The number of nitrogens with two attached hydrogens (primary N) is 2. The summed E-state index contributed by atoms with van der Waals surface area (Å²) < 4.78 is 5.29. The number of rotatable bonds is 7. The van der Waals surface area contributed by atoms with E-state index < -0.39 is 16.9 Å². The van der Waals surface area contributed by atoms with E-state index in [4.69, 9.17) is 16.2 Å². The smallest absolute Gasteiger partial charge is 0.311 e. The second-order valence-electron chi connectivity index (χ2n) is 4.06. The molecule has 1 atom stereocenters. The Kier molecular flexibility index (Phi) is 5.25. The molecule has 0 aliphatic carbocycles. The van der Waals surface area contributed by atoms with Crippen LogP contribution in [-0.4, -0.2) is 23.5 Å².